The summed E-state index contributed by atoms with van der Waals surface area (Å²) in [4.78, 5) is 2.31. The van der Waals surface area contributed by atoms with Gasteiger partial charge in [-0.05, 0) is 24.6 Å². The first kappa shape index (κ1) is 12.9. The van der Waals surface area contributed by atoms with Crippen LogP contribution in [0.5, 0.6) is 11.5 Å². The van der Waals surface area contributed by atoms with Crippen LogP contribution in [0, 0.1) is 0 Å². The van der Waals surface area contributed by atoms with Crippen molar-refractivity contribution in [2.75, 3.05) is 26.2 Å². The maximum Gasteiger partial charge on any atom is 0.120 e. The molecule has 18 heavy (non-hydrogen) atoms. The van der Waals surface area contributed by atoms with Crippen LogP contribution in [0.1, 0.15) is 18.0 Å². The molecule has 0 bridgehead atoms. The maximum absolute atomic E-state index is 9.97. The van der Waals surface area contributed by atoms with Gasteiger partial charge >= 0.3 is 0 Å². The molecule has 1 aliphatic heterocycles. The van der Waals surface area contributed by atoms with Crippen LogP contribution in [-0.4, -0.2) is 41.3 Å². The average Bonchev–Trinajstić information content (AvgIpc) is 2.40. The molecule has 1 aromatic carbocycles. The van der Waals surface area contributed by atoms with E-state index in [0.29, 0.717) is 0 Å². The van der Waals surface area contributed by atoms with Crippen LogP contribution >= 0.6 is 0 Å². The summed E-state index contributed by atoms with van der Waals surface area (Å²) in [6, 6.07) is 4.77. The Balaban J connectivity index is 2.27. The molecule has 2 rings (SSSR count). The lowest BCUT2D eigenvalue weighted by atomic mass is 10.00. The Morgan fingerprint density at radius 2 is 2.06 bits per heavy atom. The lowest BCUT2D eigenvalue weighted by Crippen LogP contribution is -2.45. The van der Waals surface area contributed by atoms with E-state index in [9.17, 15) is 10.2 Å². The first-order chi connectivity index (χ1) is 8.72. The summed E-state index contributed by atoms with van der Waals surface area (Å²) in [6.45, 7) is 7.57. The minimum absolute atomic E-state index is 0.0803. The molecule has 0 spiro atoms. The van der Waals surface area contributed by atoms with Gasteiger partial charge in [-0.3, -0.25) is 4.90 Å². The molecular weight excluding hydrogens is 228 g/mol. The molecule has 1 heterocycles. The Hall–Kier alpha value is -1.52. The normalized spacial score (nSPS) is 18.4. The van der Waals surface area contributed by atoms with E-state index in [2.05, 4.69) is 16.8 Å². The van der Waals surface area contributed by atoms with Crippen molar-refractivity contribution in [2.45, 2.75) is 12.5 Å². The third-order valence-electron chi connectivity index (χ3n) is 3.35. The molecule has 1 saturated heterocycles. The molecule has 4 nitrogen and oxygen atoms in total. The summed E-state index contributed by atoms with van der Waals surface area (Å²) in [7, 11) is 0. The number of phenols is 2. The fraction of sp³-hybridized carbons (Fsp3) is 0.429. The lowest BCUT2D eigenvalue weighted by Gasteiger charge is -2.35. The molecule has 1 fully saturated rings. The molecule has 1 aromatic rings. The fourth-order valence-corrected chi connectivity index (χ4v) is 2.43. The predicted molar refractivity (Wildman–Crippen MR) is 71.8 cm³/mol. The van der Waals surface area contributed by atoms with Gasteiger partial charge in [0, 0.05) is 37.8 Å². The van der Waals surface area contributed by atoms with E-state index < -0.39 is 0 Å². The third-order valence-corrected chi connectivity index (χ3v) is 3.35. The fourth-order valence-electron chi connectivity index (χ4n) is 2.43. The number of piperazine rings is 1. The summed E-state index contributed by atoms with van der Waals surface area (Å²) in [5.41, 5.74) is 0.775. The van der Waals surface area contributed by atoms with Gasteiger partial charge < -0.3 is 15.5 Å². The smallest absolute Gasteiger partial charge is 0.120 e. The van der Waals surface area contributed by atoms with E-state index in [4.69, 9.17) is 0 Å². The zero-order valence-corrected chi connectivity index (χ0v) is 10.5. The van der Waals surface area contributed by atoms with Crippen LogP contribution in [-0.2, 0) is 0 Å². The Bertz CT molecular complexity index is 414. The van der Waals surface area contributed by atoms with Crippen molar-refractivity contribution >= 4 is 0 Å². The van der Waals surface area contributed by atoms with Gasteiger partial charge in [0.15, 0.2) is 0 Å². The molecule has 1 aliphatic rings. The number of hydrogen-bond acceptors (Lipinski definition) is 4. The highest BCUT2D eigenvalue weighted by molar-refractivity contribution is 5.41. The monoisotopic (exact) mass is 248 g/mol. The number of phenolic OH excluding ortho intramolecular Hbond substituents is 2. The Labute approximate surface area is 108 Å². The lowest BCUT2D eigenvalue weighted by molar-refractivity contribution is 0.171. The van der Waals surface area contributed by atoms with Gasteiger partial charge in [-0.25, -0.2) is 0 Å². The minimum atomic E-state index is 0.0803. The second kappa shape index (κ2) is 5.89. The second-order valence-electron chi connectivity index (χ2n) is 4.57. The highest BCUT2D eigenvalue weighted by atomic mass is 16.3. The van der Waals surface area contributed by atoms with Gasteiger partial charge in [0.05, 0.1) is 0 Å². The molecule has 0 unspecified atom stereocenters. The van der Waals surface area contributed by atoms with Crippen molar-refractivity contribution in [3.8, 4) is 11.5 Å². The van der Waals surface area contributed by atoms with E-state index in [1.54, 1.807) is 12.1 Å². The molecule has 0 radical (unpaired) electrons. The van der Waals surface area contributed by atoms with Gasteiger partial charge in [-0.1, -0.05) is 6.08 Å². The molecule has 0 aliphatic carbocycles. The third kappa shape index (κ3) is 2.83. The van der Waals surface area contributed by atoms with Crippen molar-refractivity contribution < 1.29 is 10.2 Å². The summed E-state index contributed by atoms with van der Waals surface area (Å²) in [5, 5.41) is 22.9. The number of aromatic hydroxyl groups is 2. The SMILES string of the molecule is C=CC[C@H](c1cc(O)ccc1O)N1CCNCC1. The molecular formula is C14H20N2O2. The van der Waals surface area contributed by atoms with Crippen molar-refractivity contribution in [3.05, 3.63) is 36.4 Å². The first-order valence-corrected chi connectivity index (χ1v) is 6.30. The maximum atomic E-state index is 9.97. The Morgan fingerprint density at radius 3 is 2.72 bits per heavy atom. The standard InChI is InChI=1S/C14H20N2O2/c1-2-3-13(16-8-6-15-7-9-16)12-10-11(17)4-5-14(12)18/h2,4-5,10,13,15,17-18H,1,3,6-9H2/t13-/m1/s1. The van der Waals surface area contributed by atoms with Crippen LogP contribution < -0.4 is 5.32 Å². The first-order valence-electron chi connectivity index (χ1n) is 6.30. The second-order valence-corrected chi connectivity index (χ2v) is 4.57. The average molecular weight is 248 g/mol. The Morgan fingerprint density at radius 1 is 1.33 bits per heavy atom. The molecule has 4 heteroatoms. The summed E-state index contributed by atoms with van der Waals surface area (Å²) < 4.78 is 0. The highest BCUT2D eigenvalue weighted by Crippen LogP contribution is 2.34. The highest BCUT2D eigenvalue weighted by Gasteiger charge is 2.23. The summed E-state index contributed by atoms with van der Waals surface area (Å²) in [5.74, 6) is 0.421. The topological polar surface area (TPSA) is 55.7 Å². The molecule has 3 N–H and O–H groups in total. The van der Waals surface area contributed by atoms with Gasteiger partial charge in [0.2, 0.25) is 0 Å². The predicted octanol–water partition coefficient (Wildman–Crippen LogP) is 1.62. The van der Waals surface area contributed by atoms with Gasteiger partial charge in [-0.2, -0.15) is 0 Å². The Kier molecular flexibility index (Phi) is 4.23. The van der Waals surface area contributed by atoms with Gasteiger partial charge in [0.25, 0.3) is 0 Å². The van der Waals surface area contributed by atoms with E-state index >= 15 is 0 Å². The molecule has 98 valence electrons. The van der Waals surface area contributed by atoms with Crippen LogP contribution in [0.4, 0.5) is 0 Å². The largest absolute Gasteiger partial charge is 0.508 e. The summed E-state index contributed by atoms with van der Waals surface area (Å²) >= 11 is 0. The molecule has 0 amide bonds. The van der Waals surface area contributed by atoms with E-state index in [-0.39, 0.29) is 17.5 Å². The number of rotatable bonds is 4. The number of hydrogen-bond donors (Lipinski definition) is 3. The quantitative estimate of drug-likeness (QED) is 0.560. The number of nitrogens with zero attached hydrogens (tertiary/aromatic N) is 1. The van der Waals surface area contributed by atoms with Crippen LogP contribution in [0.15, 0.2) is 30.9 Å². The zero-order chi connectivity index (χ0) is 13.0. The van der Waals surface area contributed by atoms with Crippen LogP contribution in [0.25, 0.3) is 0 Å². The molecule has 0 aromatic heterocycles. The van der Waals surface area contributed by atoms with Crippen molar-refractivity contribution in [1.29, 1.82) is 0 Å². The number of nitrogens with one attached hydrogen (secondary N) is 1. The van der Waals surface area contributed by atoms with Gasteiger partial charge in [0.1, 0.15) is 11.5 Å². The van der Waals surface area contributed by atoms with Crippen molar-refractivity contribution in [1.82, 2.24) is 10.2 Å². The van der Waals surface area contributed by atoms with Crippen molar-refractivity contribution in [3.63, 3.8) is 0 Å². The van der Waals surface area contributed by atoms with Crippen LogP contribution in [0.3, 0.4) is 0 Å². The van der Waals surface area contributed by atoms with E-state index in [0.717, 1.165) is 38.2 Å². The van der Waals surface area contributed by atoms with Gasteiger partial charge in [-0.15, -0.1) is 6.58 Å². The van der Waals surface area contributed by atoms with E-state index in [1.807, 2.05) is 6.08 Å². The molecule has 0 saturated carbocycles. The van der Waals surface area contributed by atoms with Crippen LogP contribution in [0.2, 0.25) is 0 Å². The minimum Gasteiger partial charge on any atom is -0.508 e. The number of benzene rings is 1. The van der Waals surface area contributed by atoms with E-state index in [1.165, 1.54) is 6.07 Å². The molecule has 1 atom stereocenters. The zero-order valence-electron chi connectivity index (χ0n) is 10.5. The van der Waals surface area contributed by atoms with Crippen molar-refractivity contribution in [2.24, 2.45) is 0 Å². The summed E-state index contributed by atoms with van der Waals surface area (Å²) in [6.07, 6.45) is 2.62.